The van der Waals surface area contributed by atoms with E-state index in [1.807, 2.05) is 5.38 Å². The molecule has 64 valence electrons. The first-order valence-corrected chi connectivity index (χ1v) is 5.22. The standard InChI is InChI=1S/C9H11NOS/c11-9(4-3-7-1-2-7)8-5-12-6-10-8/h5-7H,1-4H2. The van der Waals surface area contributed by atoms with Gasteiger partial charge in [0.1, 0.15) is 5.69 Å². The Hall–Kier alpha value is -0.700. The van der Waals surface area contributed by atoms with E-state index in [4.69, 9.17) is 0 Å². The second-order valence-electron chi connectivity index (χ2n) is 3.28. The van der Waals surface area contributed by atoms with E-state index in [1.165, 1.54) is 24.2 Å². The minimum atomic E-state index is 0.211. The number of nitrogens with zero attached hydrogens (tertiary/aromatic N) is 1. The summed E-state index contributed by atoms with van der Waals surface area (Å²) in [7, 11) is 0. The normalized spacial score (nSPS) is 16.3. The van der Waals surface area contributed by atoms with Gasteiger partial charge in [-0.2, -0.15) is 0 Å². The molecular formula is C9H11NOS. The topological polar surface area (TPSA) is 30.0 Å². The Morgan fingerprint density at radius 3 is 3.08 bits per heavy atom. The molecule has 0 N–H and O–H groups in total. The quantitative estimate of drug-likeness (QED) is 0.668. The van der Waals surface area contributed by atoms with Crippen molar-refractivity contribution in [3.63, 3.8) is 0 Å². The highest BCUT2D eigenvalue weighted by Crippen LogP contribution is 2.33. The summed E-state index contributed by atoms with van der Waals surface area (Å²) < 4.78 is 0. The molecule has 1 aromatic heterocycles. The molecule has 0 radical (unpaired) electrons. The van der Waals surface area contributed by atoms with Gasteiger partial charge in [0.2, 0.25) is 0 Å². The molecule has 0 aromatic carbocycles. The lowest BCUT2D eigenvalue weighted by atomic mass is 10.1. The molecule has 3 heteroatoms. The first-order chi connectivity index (χ1) is 5.86. The summed E-state index contributed by atoms with van der Waals surface area (Å²) >= 11 is 1.49. The van der Waals surface area contributed by atoms with E-state index in [0.717, 1.165) is 12.3 Å². The molecule has 0 amide bonds. The van der Waals surface area contributed by atoms with E-state index in [9.17, 15) is 4.79 Å². The molecule has 0 spiro atoms. The molecule has 12 heavy (non-hydrogen) atoms. The van der Waals surface area contributed by atoms with Crippen LogP contribution in [-0.4, -0.2) is 10.8 Å². The molecule has 0 unspecified atom stereocenters. The van der Waals surface area contributed by atoms with E-state index in [1.54, 1.807) is 5.51 Å². The van der Waals surface area contributed by atoms with Gasteiger partial charge in [-0.1, -0.05) is 12.8 Å². The van der Waals surface area contributed by atoms with E-state index >= 15 is 0 Å². The highest BCUT2D eigenvalue weighted by Gasteiger charge is 2.22. The average molecular weight is 181 g/mol. The van der Waals surface area contributed by atoms with Crippen molar-refractivity contribution in [2.75, 3.05) is 0 Å². The lowest BCUT2D eigenvalue weighted by molar-refractivity contribution is 0.0974. The fourth-order valence-electron chi connectivity index (χ4n) is 1.22. The summed E-state index contributed by atoms with van der Waals surface area (Å²) in [6.45, 7) is 0. The van der Waals surface area contributed by atoms with E-state index in [0.29, 0.717) is 12.1 Å². The van der Waals surface area contributed by atoms with Crippen LogP contribution >= 0.6 is 11.3 Å². The minimum absolute atomic E-state index is 0.211. The third kappa shape index (κ3) is 1.91. The van der Waals surface area contributed by atoms with Gasteiger partial charge >= 0.3 is 0 Å². The van der Waals surface area contributed by atoms with Crippen LogP contribution in [0.25, 0.3) is 0 Å². The predicted octanol–water partition coefficient (Wildman–Crippen LogP) is 2.52. The highest BCUT2D eigenvalue weighted by atomic mass is 32.1. The van der Waals surface area contributed by atoms with Crippen LogP contribution in [0, 0.1) is 5.92 Å². The summed E-state index contributed by atoms with van der Waals surface area (Å²) in [6, 6.07) is 0. The molecule has 1 aliphatic carbocycles. The van der Waals surface area contributed by atoms with Gasteiger partial charge in [0.25, 0.3) is 0 Å². The SMILES string of the molecule is O=C(CCC1CC1)c1cscn1. The molecular weight excluding hydrogens is 170 g/mol. The Morgan fingerprint density at radius 1 is 1.67 bits per heavy atom. The predicted molar refractivity (Wildman–Crippen MR) is 48.4 cm³/mol. The number of carbonyl (C=O) groups is 1. The molecule has 0 saturated heterocycles. The van der Waals surface area contributed by atoms with Crippen LogP contribution in [0.2, 0.25) is 0 Å². The van der Waals surface area contributed by atoms with Crippen LogP contribution in [0.15, 0.2) is 10.9 Å². The molecule has 2 rings (SSSR count). The van der Waals surface area contributed by atoms with Crippen molar-refractivity contribution in [1.29, 1.82) is 0 Å². The lowest BCUT2D eigenvalue weighted by Gasteiger charge is -1.94. The van der Waals surface area contributed by atoms with Gasteiger partial charge in [0.15, 0.2) is 5.78 Å². The fourth-order valence-corrected chi connectivity index (χ4v) is 1.78. The lowest BCUT2D eigenvalue weighted by Crippen LogP contribution is -1.99. The number of thiazole rings is 1. The summed E-state index contributed by atoms with van der Waals surface area (Å²) in [5, 5.41) is 1.83. The first-order valence-electron chi connectivity index (χ1n) is 4.27. The molecule has 1 aliphatic rings. The smallest absolute Gasteiger partial charge is 0.182 e. The largest absolute Gasteiger partial charge is 0.292 e. The number of aromatic nitrogens is 1. The Morgan fingerprint density at radius 2 is 2.50 bits per heavy atom. The Kier molecular flexibility index (Phi) is 2.21. The van der Waals surface area contributed by atoms with Crippen LogP contribution in [0.4, 0.5) is 0 Å². The van der Waals surface area contributed by atoms with Gasteiger partial charge in [-0.05, 0) is 12.3 Å². The van der Waals surface area contributed by atoms with Crippen LogP contribution in [0.5, 0.6) is 0 Å². The van der Waals surface area contributed by atoms with E-state index in [-0.39, 0.29) is 5.78 Å². The number of carbonyl (C=O) groups excluding carboxylic acids is 1. The van der Waals surface area contributed by atoms with Gasteiger partial charge < -0.3 is 0 Å². The van der Waals surface area contributed by atoms with Gasteiger partial charge in [0.05, 0.1) is 5.51 Å². The average Bonchev–Trinajstić information content (AvgIpc) is 2.74. The molecule has 1 saturated carbocycles. The van der Waals surface area contributed by atoms with Crippen LogP contribution in [0.1, 0.15) is 36.2 Å². The summed E-state index contributed by atoms with van der Waals surface area (Å²) in [4.78, 5) is 15.4. The molecule has 1 heterocycles. The monoisotopic (exact) mass is 181 g/mol. The van der Waals surface area contributed by atoms with Crippen molar-refractivity contribution in [3.8, 4) is 0 Å². The number of hydrogen-bond donors (Lipinski definition) is 0. The van der Waals surface area contributed by atoms with Crippen LogP contribution in [-0.2, 0) is 0 Å². The zero-order valence-corrected chi connectivity index (χ0v) is 7.64. The number of Topliss-reactive ketones (excluding diaryl/α,β-unsaturated/α-hetero) is 1. The van der Waals surface area contributed by atoms with Crippen molar-refractivity contribution in [3.05, 3.63) is 16.6 Å². The number of rotatable bonds is 4. The Bertz CT molecular complexity index is 264. The Labute approximate surface area is 75.6 Å². The summed E-state index contributed by atoms with van der Waals surface area (Å²) in [5.74, 6) is 1.05. The molecule has 0 bridgehead atoms. The molecule has 1 aromatic rings. The summed E-state index contributed by atoms with van der Waals surface area (Å²) in [6.07, 6.45) is 4.40. The first kappa shape index (κ1) is 7.92. The molecule has 0 aliphatic heterocycles. The van der Waals surface area contributed by atoms with Crippen molar-refractivity contribution in [2.45, 2.75) is 25.7 Å². The van der Waals surface area contributed by atoms with Gasteiger partial charge in [0, 0.05) is 11.8 Å². The number of ketones is 1. The maximum atomic E-state index is 11.4. The van der Waals surface area contributed by atoms with E-state index in [2.05, 4.69) is 4.98 Å². The maximum absolute atomic E-state index is 11.4. The van der Waals surface area contributed by atoms with Crippen molar-refractivity contribution in [1.82, 2.24) is 4.98 Å². The second kappa shape index (κ2) is 3.35. The fraction of sp³-hybridized carbons (Fsp3) is 0.556. The van der Waals surface area contributed by atoms with Gasteiger partial charge in [-0.3, -0.25) is 4.79 Å². The van der Waals surface area contributed by atoms with Crippen LogP contribution in [0.3, 0.4) is 0 Å². The molecule has 2 nitrogen and oxygen atoms in total. The highest BCUT2D eigenvalue weighted by molar-refractivity contribution is 7.07. The maximum Gasteiger partial charge on any atom is 0.182 e. The molecule has 1 fully saturated rings. The summed E-state index contributed by atoms with van der Waals surface area (Å²) in [5.41, 5.74) is 2.37. The zero-order chi connectivity index (χ0) is 8.39. The third-order valence-corrected chi connectivity index (χ3v) is 2.78. The van der Waals surface area contributed by atoms with Crippen molar-refractivity contribution < 1.29 is 4.79 Å². The minimum Gasteiger partial charge on any atom is -0.292 e. The van der Waals surface area contributed by atoms with Crippen LogP contribution < -0.4 is 0 Å². The zero-order valence-electron chi connectivity index (χ0n) is 6.82. The molecule has 0 atom stereocenters. The number of hydrogen-bond acceptors (Lipinski definition) is 3. The van der Waals surface area contributed by atoms with E-state index < -0.39 is 0 Å². The Balaban J connectivity index is 1.83. The van der Waals surface area contributed by atoms with Crippen molar-refractivity contribution >= 4 is 17.1 Å². The van der Waals surface area contributed by atoms with Gasteiger partial charge in [-0.25, -0.2) is 4.98 Å². The third-order valence-electron chi connectivity index (χ3n) is 2.19. The van der Waals surface area contributed by atoms with Gasteiger partial charge in [-0.15, -0.1) is 11.3 Å². The van der Waals surface area contributed by atoms with Crippen molar-refractivity contribution in [2.24, 2.45) is 5.92 Å². The second-order valence-corrected chi connectivity index (χ2v) is 4.00.